The van der Waals surface area contributed by atoms with Gasteiger partial charge in [0.25, 0.3) is 0 Å². The Kier molecular flexibility index (Phi) is 6.00. The number of likely N-dealkylation sites (N-methyl/N-ethyl adjacent to an activating group) is 1. The molecule has 0 aromatic heterocycles. The molecule has 3 N–H and O–H groups in total. The van der Waals surface area contributed by atoms with Gasteiger partial charge in [-0.25, -0.2) is 0 Å². The summed E-state index contributed by atoms with van der Waals surface area (Å²) in [5.74, 6) is 3.41. The topological polar surface area (TPSA) is 92.7 Å². The maximum atomic E-state index is 11.4. The highest BCUT2D eigenvalue weighted by Gasteiger charge is 2.39. The quantitative estimate of drug-likeness (QED) is 0.228. The zero-order valence-corrected chi connectivity index (χ0v) is 24.5. The van der Waals surface area contributed by atoms with Crippen LogP contribution in [0.4, 0.5) is 0 Å². The first kappa shape index (κ1) is 26.2. The second-order valence-electron chi connectivity index (χ2n) is 11.9. The van der Waals surface area contributed by atoms with Gasteiger partial charge in [-0.3, -0.25) is 4.90 Å². The van der Waals surface area contributed by atoms with Gasteiger partial charge in [-0.15, -0.1) is 0 Å². The number of nitrogens with one attached hydrogen (secondary N) is 1. The van der Waals surface area contributed by atoms with Crippen LogP contribution < -0.4 is 24.3 Å². The van der Waals surface area contributed by atoms with E-state index in [0.29, 0.717) is 47.3 Å². The minimum atomic E-state index is -0.0849. The Morgan fingerprint density at radius 1 is 0.860 bits per heavy atom. The monoisotopic (exact) mass is 578 g/mol. The number of hydrogen-bond donors (Lipinski definition) is 3. The summed E-state index contributed by atoms with van der Waals surface area (Å²) in [6, 6.07) is 16.1. The summed E-state index contributed by atoms with van der Waals surface area (Å²) in [4.78, 5) is 2.32. The first-order chi connectivity index (χ1) is 20.9. The molecule has 2 atom stereocenters. The van der Waals surface area contributed by atoms with Crippen molar-refractivity contribution < 1.29 is 29.2 Å². The van der Waals surface area contributed by atoms with Crippen LogP contribution in [0, 0.1) is 0 Å². The SMILES string of the molecule is COc1ccc2cc1-c1cc(ccc1O)CC1NCCc3cc4c(cc31)Oc1c(c(O)c(OC)c3c1C(C2)N(C)CC3)O4. The molecule has 0 amide bonds. The van der Waals surface area contributed by atoms with Crippen LogP contribution in [0.15, 0.2) is 48.5 Å². The molecule has 0 saturated heterocycles. The largest absolute Gasteiger partial charge is 0.507 e. The molecule has 0 saturated carbocycles. The number of phenolic OH excluding ortho intramolecular Hbond substituents is 2. The molecule has 4 aliphatic heterocycles. The number of rotatable bonds is 2. The summed E-state index contributed by atoms with van der Waals surface area (Å²) >= 11 is 0. The summed E-state index contributed by atoms with van der Waals surface area (Å²) in [7, 11) is 5.36. The van der Waals surface area contributed by atoms with Gasteiger partial charge in [0.2, 0.25) is 11.5 Å². The average Bonchev–Trinajstić information content (AvgIpc) is 3.01. The fourth-order valence-electron chi connectivity index (χ4n) is 7.36. The molecule has 0 radical (unpaired) electrons. The van der Waals surface area contributed by atoms with Crippen LogP contribution in [0.1, 0.15) is 45.5 Å². The lowest BCUT2D eigenvalue weighted by atomic mass is 9.85. The molecule has 0 aliphatic carbocycles. The van der Waals surface area contributed by atoms with Crippen LogP contribution in [0.25, 0.3) is 11.1 Å². The Balaban J connectivity index is 1.41. The number of nitrogens with zero attached hydrogens (tertiary/aromatic N) is 1. The van der Waals surface area contributed by atoms with E-state index in [1.165, 1.54) is 11.1 Å². The van der Waals surface area contributed by atoms with Gasteiger partial charge in [0.05, 0.1) is 14.2 Å². The van der Waals surface area contributed by atoms with Gasteiger partial charge in [0.1, 0.15) is 11.5 Å². The third-order valence-corrected chi connectivity index (χ3v) is 9.54. The fraction of sp³-hybridized carbons (Fsp3) is 0.314. The Hall–Kier alpha value is -4.40. The highest BCUT2D eigenvalue weighted by Crippen LogP contribution is 2.59. The molecule has 4 aromatic carbocycles. The zero-order chi connectivity index (χ0) is 29.4. The molecule has 43 heavy (non-hydrogen) atoms. The number of methoxy groups -OCH3 is 2. The van der Waals surface area contributed by atoms with Gasteiger partial charge < -0.3 is 34.5 Å². The smallest absolute Gasteiger partial charge is 0.215 e. The standard InChI is InChI=1S/C35H34N2O6/c1-37-11-9-21-31-26(37)15-19-5-7-28(40-2)24(13-19)23-12-18(4-6-27(23)38)14-25-22-17-30-29(16-20(22)8-10-36-25)43-35(34(31)42-30)32(39)33(21)41-3/h4-7,12-13,16-17,25-26,36,38-39H,8-11,14-15H2,1-3H3. The fourth-order valence-corrected chi connectivity index (χ4v) is 7.36. The third kappa shape index (κ3) is 4.04. The van der Waals surface area contributed by atoms with Crippen molar-refractivity contribution in [1.82, 2.24) is 10.2 Å². The molecule has 4 aliphatic rings. The van der Waals surface area contributed by atoms with Crippen molar-refractivity contribution in [3.8, 4) is 57.1 Å². The highest BCUT2D eigenvalue weighted by atomic mass is 16.6. The molecule has 8 nitrogen and oxygen atoms in total. The van der Waals surface area contributed by atoms with Crippen LogP contribution in [0.5, 0.6) is 46.0 Å². The molecule has 4 heterocycles. The van der Waals surface area contributed by atoms with Crippen LogP contribution in [0.3, 0.4) is 0 Å². The van der Waals surface area contributed by atoms with E-state index >= 15 is 0 Å². The van der Waals surface area contributed by atoms with E-state index in [4.69, 9.17) is 18.9 Å². The van der Waals surface area contributed by atoms with E-state index in [0.717, 1.165) is 59.3 Å². The Labute approximate surface area is 250 Å². The number of phenols is 2. The predicted molar refractivity (Wildman–Crippen MR) is 162 cm³/mol. The number of fused-ring (bicyclic) bond motifs is 5. The summed E-state index contributed by atoms with van der Waals surface area (Å²) in [5.41, 5.74) is 8.03. The van der Waals surface area contributed by atoms with Gasteiger partial charge in [0, 0.05) is 40.9 Å². The van der Waals surface area contributed by atoms with Crippen LogP contribution in [-0.4, -0.2) is 49.5 Å². The zero-order valence-electron chi connectivity index (χ0n) is 24.5. The van der Waals surface area contributed by atoms with Crippen molar-refractivity contribution in [2.24, 2.45) is 0 Å². The number of aromatic hydroxyl groups is 2. The maximum absolute atomic E-state index is 11.4. The lowest BCUT2D eigenvalue weighted by molar-refractivity contribution is 0.215. The summed E-state index contributed by atoms with van der Waals surface area (Å²) in [6.07, 6.45) is 2.95. The van der Waals surface area contributed by atoms with Gasteiger partial charge in [0.15, 0.2) is 23.0 Å². The number of hydrogen-bond acceptors (Lipinski definition) is 8. The van der Waals surface area contributed by atoms with Crippen LogP contribution >= 0.6 is 0 Å². The number of ether oxygens (including phenoxy) is 4. The van der Waals surface area contributed by atoms with E-state index in [9.17, 15) is 10.2 Å². The molecule has 0 fully saturated rings. The third-order valence-electron chi connectivity index (χ3n) is 9.54. The second kappa shape index (κ2) is 9.82. The first-order valence-electron chi connectivity index (χ1n) is 14.8. The van der Waals surface area contributed by atoms with Crippen molar-refractivity contribution in [1.29, 1.82) is 0 Å². The van der Waals surface area contributed by atoms with Gasteiger partial charge in [-0.2, -0.15) is 0 Å². The van der Waals surface area contributed by atoms with Crippen molar-refractivity contribution in [3.05, 3.63) is 81.9 Å². The van der Waals surface area contributed by atoms with Crippen LogP contribution in [0.2, 0.25) is 0 Å². The van der Waals surface area contributed by atoms with Crippen LogP contribution in [-0.2, 0) is 25.7 Å². The Morgan fingerprint density at radius 3 is 2.47 bits per heavy atom. The maximum Gasteiger partial charge on any atom is 0.215 e. The Morgan fingerprint density at radius 2 is 1.63 bits per heavy atom. The van der Waals surface area contributed by atoms with Crippen molar-refractivity contribution in [2.45, 2.75) is 37.8 Å². The predicted octanol–water partition coefficient (Wildman–Crippen LogP) is 6.19. The van der Waals surface area contributed by atoms with E-state index in [1.807, 2.05) is 12.1 Å². The molecule has 4 aromatic rings. The van der Waals surface area contributed by atoms with Crippen molar-refractivity contribution in [3.63, 3.8) is 0 Å². The molecule has 8 heteroatoms. The minimum Gasteiger partial charge on any atom is -0.507 e. The minimum absolute atomic E-state index is 0.0300. The molecule has 0 spiro atoms. The first-order valence-corrected chi connectivity index (χ1v) is 14.8. The van der Waals surface area contributed by atoms with Gasteiger partial charge in [-0.1, -0.05) is 12.1 Å². The van der Waals surface area contributed by atoms with Gasteiger partial charge in [-0.05, 0) is 97.9 Å². The van der Waals surface area contributed by atoms with E-state index in [-0.39, 0.29) is 23.6 Å². The van der Waals surface area contributed by atoms with Crippen molar-refractivity contribution >= 4 is 0 Å². The van der Waals surface area contributed by atoms with E-state index in [2.05, 4.69) is 47.6 Å². The van der Waals surface area contributed by atoms with Gasteiger partial charge >= 0.3 is 0 Å². The van der Waals surface area contributed by atoms with E-state index < -0.39 is 0 Å². The second-order valence-corrected chi connectivity index (χ2v) is 11.9. The normalized spacial score (nSPS) is 19.8. The summed E-state index contributed by atoms with van der Waals surface area (Å²) < 4.78 is 24.8. The number of benzene rings is 4. The van der Waals surface area contributed by atoms with Crippen molar-refractivity contribution in [2.75, 3.05) is 34.4 Å². The lowest BCUT2D eigenvalue weighted by Gasteiger charge is -2.38. The summed E-state index contributed by atoms with van der Waals surface area (Å²) in [6.45, 7) is 1.62. The molecule has 2 unspecified atom stereocenters. The molecular formula is C35H34N2O6. The molecule has 220 valence electrons. The molecule has 8 rings (SSSR count). The molecule has 7 bridgehead atoms. The average molecular weight is 579 g/mol. The molecular weight excluding hydrogens is 544 g/mol. The van der Waals surface area contributed by atoms with E-state index in [1.54, 1.807) is 20.3 Å². The lowest BCUT2D eigenvalue weighted by Crippen LogP contribution is -2.34. The Bertz CT molecular complexity index is 1800. The summed E-state index contributed by atoms with van der Waals surface area (Å²) in [5, 5.41) is 26.2. The highest BCUT2D eigenvalue weighted by molar-refractivity contribution is 5.77.